The van der Waals surface area contributed by atoms with Gasteiger partial charge in [0, 0.05) is 0 Å². The molecule has 1 aromatic rings. The maximum Gasteiger partial charge on any atom is 0.235 e. The fourth-order valence-electron chi connectivity index (χ4n) is 1.23. The summed E-state index contributed by atoms with van der Waals surface area (Å²) in [6, 6.07) is 7.18. The zero-order valence-electron chi connectivity index (χ0n) is 8.30. The lowest BCUT2D eigenvalue weighted by molar-refractivity contribution is 0.559. The third kappa shape index (κ3) is 3.31. The molecule has 0 aliphatic rings. The molecule has 1 atom stereocenters. The van der Waals surface area contributed by atoms with Gasteiger partial charge in [-0.1, -0.05) is 24.3 Å². The molecule has 0 N–H and O–H groups in total. The van der Waals surface area contributed by atoms with Crippen molar-refractivity contribution in [3.8, 4) is 0 Å². The molecule has 0 spiro atoms. The van der Waals surface area contributed by atoms with Gasteiger partial charge in [0.1, 0.15) is 0 Å². The lowest BCUT2D eigenvalue weighted by Gasteiger charge is -2.05. The van der Waals surface area contributed by atoms with Crippen molar-refractivity contribution in [1.29, 1.82) is 0 Å². The number of hydrogen-bond acceptors (Lipinski definition) is 4. The second-order valence-electron chi connectivity index (χ2n) is 3.05. The zero-order chi connectivity index (χ0) is 11.1. The number of hydrogen-bond donors (Lipinski definition) is 0. The minimum Gasteiger partial charge on any atom is -0.211 e. The summed E-state index contributed by atoms with van der Waals surface area (Å²) in [5.41, 5.74) is 1.79. The van der Waals surface area contributed by atoms with E-state index in [2.05, 4.69) is 9.98 Å². The van der Waals surface area contributed by atoms with E-state index in [9.17, 15) is 9.59 Å². The first-order valence-corrected chi connectivity index (χ1v) is 4.47. The van der Waals surface area contributed by atoms with Crippen LogP contribution in [0.4, 0.5) is 0 Å². The highest BCUT2D eigenvalue weighted by atomic mass is 16.1. The molecule has 0 aliphatic carbocycles. The topological polar surface area (TPSA) is 58.9 Å². The predicted octanol–water partition coefficient (Wildman–Crippen LogP) is 1.92. The molecule has 0 saturated carbocycles. The highest BCUT2D eigenvalue weighted by Crippen LogP contribution is 2.17. The first-order chi connectivity index (χ1) is 7.27. The van der Waals surface area contributed by atoms with Crippen molar-refractivity contribution < 1.29 is 9.59 Å². The minimum atomic E-state index is -0.220. The Bertz CT molecular complexity index is 430. The second-order valence-corrected chi connectivity index (χ2v) is 3.05. The van der Waals surface area contributed by atoms with Gasteiger partial charge in [0.05, 0.1) is 12.6 Å². The van der Waals surface area contributed by atoms with Gasteiger partial charge < -0.3 is 0 Å². The maximum absolute atomic E-state index is 10.1. The van der Waals surface area contributed by atoms with E-state index >= 15 is 0 Å². The Balaban J connectivity index is 2.90. The summed E-state index contributed by atoms with van der Waals surface area (Å²) in [4.78, 5) is 27.1. The van der Waals surface area contributed by atoms with Crippen molar-refractivity contribution in [1.82, 2.24) is 0 Å². The third-order valence-electron chi connectivity index (χ3n) is 2.01. The van der Waals surface area contributed by atoms with Gasteiger partial charge in [-0.15, -0.1) is 0 Å². The van der Waals surface area contributed by atoms with Crippen molar-refractivity contribution in [2.24, 2.45) is 9.98 Å². The molecule has 4 heteroatoms. The molecule has 15 heavy (non-hydrogen) atoms. The van der Waals surface area contributed by atoms with Gasteiger partial charge in [0.25, 0.3) is 0 Å². The Morgan fingerprint density at radius 3 is 2.80 bits per heavy atom. The molecule has 4 nitrogen and oxygen atoms in total. The summed E-state index contributed by atoms with van der Waals surface area (Å²) in [5.74, 6) is 0. The van der Waals surface area contributed by atoms with Crippen molar-refractivity contribution in [3.63, 3.8) is 0 Å². The lowest BCUT2D eigenvalue weighted by Crippen LogP contribution is -1.91. The van der Waals surface area contributed by atoms with E-state index in [0.29, 0.717) is 6.54 Å². The van der Waals surface area contributed by atoms with Crippen LogP contribution in [0.3, 0.4) is 0 Å². The molecule has 1 unspecified atom stereocenters. The molecule has 0 heterocycles. The van der Waals surface area contributed by atoms with Crippen LogP contribution in [0.2, 0.25) is 0 Å². The van der Waals surface area contributed by atoms with Crippen molar-refractivity contribution in [2.75, 3.05) is 0 Å². The van der Waals surface area contributed by atoms with E-state index in [4.69, 9.17) is 0 Å². The summed E-state index contributed by atoms with van der Waals surface area (Å²) in [6.45, 7) is 2.10. The molecule has 1 aromatic carbocycles. The molecule has 0 aromatic heterocycles. The number of aliphatic imine (C=N–C) groups is 2. The number of isocyanates is 2. The number of nitrogens with zero attached hydrogens (tertiary/aromatic N) is 2. The quantitative estimate of drug-likeness (QED) is 0.553. The molecule has 0 amide bonds. The Morgan fingerprint density at radius 1 is 1.33 bits per heavy atom. The SMILES string of the molecule is CC(N=C=O)c1cccc(CN=C=O)c1. The highest BCUT2D eigenvalue weighted by Gasteiger charge is 2.03. The van der Waals surface area contributed by atoms with Crippen LogP contribution in [0.5, 0.6) is 0 Å². The molecule has 0 saturated heterocycles. The smallest absolute Gasteiger partial charge is 0.211 e. The van der Waals surface area contributed by atoms with E-state index in [1.165, 1.54) is 12.2 Å². The Morgan fingerprint density at radius 2 is 2.13 bits per heavy atom. The fourth-order valence-corrected chi connectivity index (χ4v) is 1.23. The molecule has 0 fully saturated rings. The van der Waals surface area contributed by atoms with Crippen LogP contribution in [-0.2, 0) is 16.1 Å². The largest absolute Gasteiger partial charge is 0.235 e. The second kappa shape index (κ2) is 5.66. The van der Waals surface area contributed by atoms with Crippen molar-refractivity contribution >= 4 is 12.2 Å². The van der Waals surface area contributed by atoms with E-state index in [1.807, 2.05) is 24.3 Å². The number of benzene rings is 1. The summed E-state index contributed by atoms with van der Waals surface area (Å²) in [6.07, 6.45) is 3.00. The van der Waals surface area contributed by atoms with Crippen LogP contribution in [0, 0.1) is 0 Å². The maximum atomic E-state index is 10.1. The summed E-state index contributed by atoms with van der Waals surface area (Å²) < 4.78 is 0. The third-order valence-corrected chi connectivity index (χ3v) is 2.01. The van der Waals surface area contributed by atoms with Crippen LogP contribution in [0.1, 0.15) is 24.1 Å². The van der Waals surface area contributed by atoms with Crippen LogP contribution in [-0.4, -0.2) is 12.2 Å². The van der Waals surface area contributed by atoms with Gasteiger partial charge in [-0.25, -0.2) is 14.6 Å². The highest BCUT2D eigenvalue weighted by molar-refractivity contribution is 5.37. The van der Waals surface area contributed by atoms with E-state index in [1.54, 1.807) is 6.92 Å². The standard InChI is InChI=1S/C11H10N2O2/c1-9(13-8-15)11-4-2-3-10(5-11)6-12-7-14/h2-5,9H,6H2,1H3. The summed E-state index contributed by atoms with van der Waals surface area (Å²) in [5, 5.41) is 0. The van der Waals surface area contributed by atoms with Crippen LogP contribution in [0.25, 0.3) is 0 Å². The van der Waals surface area contributed by atoms with Gasteiger partial charge in [0.15, 0.2) is 0 Å². The zero-order valence-corrected chi connectivity index (χ0v) is 8.30. The van der Waals surface area contributed by atoms with E-state index in [-0.39, 0.29) is 6.04 Å². The van der Waals surface area contributed by atoms with Crippen LogP contribution in [0.15, 0.2) is 34.3 Å². The molecule has 1 rings (SSSR count). The number of rotatable bonds is 4. The molecule has 0 radical (unpaired) electrons. The average Bonchev–Trinajstić information content (AvgIpc) is 2.27. The summed E-state index contributed by atoms with van der Waals surface area (Å²) in [7, 11) is 0. The Labute approximate surface area is 87.4 Å². The Hall–Kier alpha value is -2.02. The number of carbonyl (C=O) groups excluding carboxylic acids is 2. The fraction of sp³-hybridized carbons (Fsp3) is 0.273. The predicted molar refractivity (Wildman–Crippen MR) is 54.8 cm³/mol. The van der Waals surface area contributed by atoms with Crippen molar-refractivity contribution in [3.05, 3.63) is 35.4 Å². The normalized spacial score (nSPS) is 11.0. The molecular formula is C11H10N2O2. The monoisotopic (exact) mass is 202 g/mol. The molecule has 76 valence electrons. The van der Waals surface area contributed by atoms with Gasteiger partial charge in [-0.2, -0.15) is 4.99 Å². The first kappa shape index (κ1) is 11.1. The van der Waals surface area contributed by atoms with E-state index < -0.39 is 0 Å². The molecular weight excluding hydrogens is 192 g/mol. The van der Waals surface area contributed by atoms with Crippen molar-refractivity contribution in [2.45, 2.75) is 19.5 Å². The van der Waals surface area contributed by atoms with Gasteiger partial charge in [-0.05, 0) is 18.1 Å². The summed E-state index contributed by atoms with van der Waals surface area (Å²) >= 11 is 0. The van der Waals surface area contributed by atoms with Gasteiger partial charge >= 0.3 is 0 Å². The molecule has 0 bridgehead atoms. The van der Waals surface area contributed by atoms with Gasteiger partial charge in [0.2, 0.25) is 12.2 Å². The first-order valence-electron chi connectivity index (χ1n) is 4.47. The Kier molecular flexibility index (Phi) is 4.17. The lowest BCUT2D eigenvalue weighted by atomic mass is 10.1. The van der Waals surface area contributed by atoms with Crippen LogP contribution < -0.4 is 0 Å². The van der Waals surface area contributed by atoms with E-state index in [0.717, 1.165) is 11.1 Å². The van der Waals surface area contributed by atoms with Crippen LogP contribution >= 0.6 is 0 Å². The molecule has 0 aliphatic heterocycles. The minimum absolute atomic E-state index is 0.220. The van der Waals surface area contributed by atoms with Gasteiger partial charge in [-0.3, -0.25) is 0 Å². The average molecular weight is 202 g/mol.